The maximum Gasteiger partial charge on any atom is 0.338 e. The van der Waals surface area contributed by atoms with E-state index in [0.717, 1.165) is 27.6 Å². The van der Waals surface area contributed by atoms with E-state index in [1.54, 1.807) is 60.7 Å². The molecule has 0 spiro atoms. The van der Waals surface area contributed by atoms with E-state index in [-0.39, 0.29) is 30.2 Å². The van der Waals surface area contributed by atoms with Crippen molar-refractivity contribution in [3.63, 3.8) is 0 Å². The van der Waals surface area contributed by atoms with Crippen LogP contribution in [0, 0.1) is 34.1 Å². The molecule has 1 aliphatic rings. The predicted molar refractivity (Wildman–Crippen MR) is 166 cm³/mol. The first-order chi connectivity index (χ1) is 22.0. The van der Waals surface area contributed by atoms with Gasteiger partial charge in [-0.25, -0.2) is 9.69 Å². The molecule has 4 aromatic rings. The number of nitro groups is 2. The van der Waals surface area contributed by atoms with Crippen LogP contribution < -0.4 is 9.64 Å². The Kier molecular flexibility index (Phi) is 8.73. The molecule has 3 aromatic carbocycles. The zero-order valence-electron chi connectivity index (χ0n) is 24.9. The number of ether oxygens (including phenoxy) is 2. The van der Waals surface area contributed by atoms with E-state index in [1.165, 1.54) is 19.3 Å². The number of nitro benzene ring substituents is 2. The molecule has 2 heterocycles. The largest absolute Gasteiger partial charge is 0.450 e. The zero-order valence-corrected chi connectivity index (χ0v) is 24.9. The van der Waals surface area contributed by atoms with E-state index in [4.69, 9.17) is 9.47 Å². The van der Waals surface area contributed by atoms with E-state index in [1.807, 2.05) is 18.4 Å². The van der Waals surface area contributed by atoms with Crippen LogP contribution in [-0.4, -0.2) is 57.4 Å². The molecular formula is C32H27N5O9. The molecule has 0 bridgehead atoms. The topological polar surface area (TPSA) is 167 Å². The van der Waals surface area contributed by atoms with Gasteiger partial charge < -0.3 is 14.0 Å². The number of carbonyl (C=O) groups is 3. The highest BCUT2D eigenvalue weighted by Crippen LogP contribution is 2.35. The number of aromatic nitrogens is 1. The molecule has 4 amide bonds. The second-order valence-corrected chi connectivity index (χ2v) is 10.2. The van der Waals surface area contributed by atoms with E-state index in [9.17, 15) is 34.6 Å². The normalized spacial score (nSPS) is 14.2. The average molecular weight is 626 g/mol. The number of anilines is 1. The molecule has 0 atom stereocenters. The Morgan fingerprint density at radius 2 is 1.52 bits per heavy atom. The van der Waals surface area contributed by atoms with Crippen molar-refractivity contribution in [1.29, 1.82) is 0 Å². The number of carbonyl (C=O) groups excluding carboxylic acids is 3. The van der Waals surface area contributed by atoms with E-state index >= 15 is 0 Å². The summed E-state index contributed by atoms with van der Waals surface area (Å²) >= 11 is 0. The van der Waals surface area contributed by atoms with Crippen LogP contribution in [0.25, 0.3) is 11.8 Å². The molecule has 5 rings (SSSR count). The van der Waals surface area contributed by atoms with Crippen molar-refractivity contribution in [2.45, 2.75) is 13.8 Å². The number of barbiturate groups is 1. The summed E-state index contributed by atoms with van der Waals surface area (Å²) in [5.74, 6) is -1.38. The van der Waals surface area contributed by atoms with Crippen molar-refractivity contribution in [3.05, 3.63) is 122 Å². The second-order valence-electron chi connectivity index (χ2n) is 10.2. The molecule has 1 saturated heterocycles. The third-order valence-corrected chi connectivity index (χ3v) is 7.31. The molecule has 46 heavy (non-hydrogen) atoms. The molecule has 0 unspecified atom stereocenters. The number of methoxy groups -OCH3 is 1. The first-order valence-corrected chi connectivity index (χ1v) is 13.9. The monoisotopic (exact) mass is 625 g/mol. The Morgan fingerprint density at radius 1 is 0.826 bits per heavy atom. The maximum atomic E-state index is 13.6. The van der Waals surface area contributed by atoms with Crippen LogP contribution in [0.15, 0.2) is 84.4 Å². The van der Waals surface area contributed by atoms with Gasteiger partial charge in [0.15, 0.2) is 0 Å². The van der Waals surface area contributed by atoms with Crippen LogP contribution in [0.4, 0.5) is 21.9 Å². The molecule has 14 heteroatoms. The van der Waals surface area contributed by atoms with Gasteiger partial charge >= 0.3 is 11.7 Å². The van der Waals surface area contributed by atoms with Crippen LogP contribution in [0.1, 0.15) is 17.0 Å². The predicted octanol–water partition coefficient (Wildman–Crippen LogP) is 5.73. The fourth-order valence-corrected chi connectivity index (χ4v) is 5.08. The van der Waals surface area contributed by atoms with Crippen LogP contribution >= 0.6 is 0 Å². The van der Waals surface area contributed by atoms with Gasteiger partial charge in [0.1, 0.15) is 11.3 Å². The van der Waals surface area contributed by atoms with Gasteiger partial charge in [-0.15, -0.1) is 0 Å². The highest BCUT2D eigenvalue weighted by atomic mass is 16.6. The summed E-state index contributed by atoms with van der Waals surface area (Å²) in [7, 11) is 1.45. The highest BCUT2D eigenvalue weighted by molar-refractivity contribution is 6.39. The summed E-state index contributed by atoms with van der Waals surface area (Å²) in [6.45, 7) is 3.70. The van der Waals surface area contributed by atoms with Gasteiger partial charge in [0.25, 0.3) is 17.5 Å². The summed E-state index contributed by atoms with van der Waals surface area (Å²) in [6.07, 6.45) is 1.47. The first kappa shape index (κ1) is 31.3. The Bertz CT molecular complexity index is 1900. The van der Waals surface area contributed by atoms with E-state index in [0.29, 0.717) is 22.6 Å². The van der Waals surface area contributed by atoms with Crippen molar-refractivity contribution >= 4 is 41.0 Å². The molecule has 0 radical (unpaired) electrons. The van der Waals surface area contributed by atoms with Crippen molar-refractivity contribution in [2.75, 3.05) is 25.2 Å². The van der Waals surface area contributed by atoms with Gasteiger partial charge in [-0.1, -0.05) is 18.2 Å². The van der Waals surface area contributed by atoms with Crippen LogP contribution in [0.3, 0.4) is 0 Å². The second kappa shape index (κ2) is 12.8. The Labute approximate surface area is 262 Å². The van der Waals surface area contributed by atoms with E-state index in [2.05, 4.69) is 0 Å². The fourth-order valence-electron chi connectivity index (χ4n) is 5.08. The molecule has 0 N–H and O–H groups in total. The number of hydrogen-bond donors (Lipinski definition) is 0. The smallest absolute Gasteiger partial charge is 0.338 e. The number of para-hydroxylation sites is 1. The summed E-state index contributed by atoms with van der Waals surface area (Å²) in [5, 5.41) is 22.5. The van der Waals surface area contributed by atoms with Gasteiger partial charge in [0, 0.05) is 30.3 Å². The molecule has 0 aliphatic carbocycles. The molecule has 234 valence electrons. The number of hydrogen-bond acceptors (Lipinski definition) is 9. The van der Waals surface area contributed by atoms with Crippen LogP contribution in [0.5, 0.6) is 11.5 Å². The number of urea groups is 1. The van der Waals surface area contributed by atoms with Gasteiger partial charge in [0.2, 0.25) is 5.75 Å². The maximum absolute atomic E-state index is 13.6. The molecule has 14 nitrogen and oxygen atoms in total. The highest BCUT2D eigenvalue weighted by Gasteiger charge is 2.42. The van der Waals surface area contributed by atoms with Crippen molar-refractivity contribution in [1.82, 2.24) is 9.47 Å². The lowest BCUT2D eigenvalue weighted by Gasteiger charge is -2.33. The van der Waals surface area contributed by atoms with Crippen molar-refractivity contribution < 1.29 is 33.7 Å². The van der Waals surface area contributed by atoms with Crippen LogP contribution in [-0.2, 0) is 14.3 Å². The quantitative estimate of drug-likeness (QED) is 0.0925. The number of nitrogens with zero attached hydrogens (tertiary/aromatic N) is 5. The minimum atomic E-state index is -0.762. The fraction of sp³-hybridized carbons (Fsp3) is 0.156. The molecule has 0 saturated carbocycles. The molecular weight excluding hydrogens is 598 g/mol. The number of amides is 4. The third kappa shape index (κ3) is 5.96. The van der Waals surface area contributed by atoms with Gasteiger partial charge in [-0.3, -0.25) is 34.7 Å². The number of aryl methyl sites for hydroxylation is 1. The summed E-state index contributed by atoms with van der Waals surface area (Å²) in [6, 6.07) is 19.1. The molecule has 1 fully saturated rings. The number of non-ortho nitro benzene ring substituents is 1. The number of imide groups is 2. The van der Waals surface area contributed by atoms with Gasteiger partial charge in [-0.2, -0.15) is 0 Å². The van der Waals surface area contributed by atoms with E-state index < -0.39 is 39.1 Å². The van der Waals surface area contributed by atoms with Crippen molar-refractivity contribution in [2.24, 2.45) is 0 Å². The number of rotatable bonds is 10. The summed E-state index contributed by atoms with van der Waals surface area (Å²) < 4.78 is 12.6. The Balaban J connectivity index is 1.46. The lowest BCUT2D eigenvalue weighted by molar-refractivity contribution is -0.394. The average Bonchev–Trinajstić information content (AvgIpc) is 3.32. The minimum Gasteiger partial charge on any atom is -0.450 e. The molecule has 1 aromatic heterocycles. The Hall–Kier alpha value is -6.15. The summed E-state index contributed by atoms with van der Waals surface area (Å²) in [5.41, 5.74) is 1.88. The SMILES string of the molecule is COCCN1C(=O)/C(=C/c2cc(C)n(-c3ccc(Oc4ccc([N+](=O)[O-])cc4[N+](=O)[O-])cc3)c2C)C(=O)N(c2ccccc2)C1=O. The first-order valence-electron chi connectivity index (χ1n) is 13.9. The number of benzene rings is 3. The van der Waals surface area contributed by atoms with Crippen molar-refractivity contribution in [3.8, 4) is 17.2 Å². The third-order valence-electron chi connectivity index (χ3n) is 7.31. The van der Waals surface area contributed by atoms with Gasteiger partial charge in [0.05, 0.1) is 34.8 Å². The summed E-state index contributed by atoms with van der Waals surface area (Å²) in [4.78, 5) is 63.3. The zero-order chi connectivity index (χ0) is 33.1. The van der Waals surface area contributed by atoms with Gasteiger partial charge in [-0.05, 0) is 74.0 Å². The minimum absolute atomic E-state index is 0.0431. The Morgan fingerprint density at radius 3 is 2.15 bits per heavy atom. The standard InChI is InChI=1S/C32H27N5O9/c1-20-17-22(18-27-30(38)33(15-16-45-3)32(40)35(31(27)39)23-7-5-4-6-8-23)21(2)34(20)24-9-12-26(13-10-24)46-29-14-11-25(36(41)42)19-28(29)37(43)44/h4-14,17-19H,15-16H2,1-3H3/b27-18-. The van der Waals surface area contributed by atoms with Crippen LogP contribution in [0.2, 0.25) is 0 Å². The lowest BCUT2D eigenvalue weighted by Crippen LogP contribution is -2.57. The lowest BCUT2D eigenvalue weighted by atomic mass is 10.1. The molecule has 1 aliphatic heterocycles.